The van der Waals surface area contributed by atoms with Crippen LogP contribution in [0.2, 0.25) is 5.02 Å². The zero-order valence-electron chi connectivity index (χ0n) is 13.2. The van der Waals surface area contributed by atoms with Crippen molar-refractivity contribution in [3.05, 3.63) is 28.8 Å². The average Bonchev–Trinajstić information content (AvgIpc) is 2.38. The quantitative estimate of drug-likeness (QED) is 0.821. The molecule has 0 heterocycles. The Bertz CT molecular complexity index is 610. The molecule has 128 valence electrons. The molecule has 2 amide bonds. The summed E-state index contributed by atoms with van der Waals surface area (Å²) >= 11 is 5.50. The number of nitrogens with one attached hydrogen (secondary N) is 1. The van der Waals surface area contributed by atoms with Gasteiger partial charge in [-0.25, -0.2) is 0 Å². The normalized spacial score (nSPS) is 12.0. The van der Waals surface area contributed by atoms with E-state index in [-0.39, 0.29) is 5.69 Å². The van der Waals surface area contributed by atoms with Crippen LogP contribution in [0.4, 0.5) is 18.9 Å². The number of carbonyl (C=O) groups excluding carboxylic acids is 2. The third kappa shape index (κ3) is 4.86. The Hall–Kier alpha value is -1.76. The van der Waals surface area contributed by atoms with Gasteiger partial charge in [-0.05, 0) is 45.9 Å². The Kier molecular flexibility index (Phi) is 5.69. The van der Waals surface area contributed by atoms with E-state index in [1.807, 2.05) is 0 Å². The van der Waals surface area contributed by atoms with Crippen LogP contribution in [-0.4, -0.2) is 28.8 Å². The highest BCUT2D eigenvalue weighted by atomic mass is 35.5. The van der Waals surface area contributed by atoms with Gasteiger partial charge in [-0.3, -0.25) is 9.59 Å². The number of likely N-dealkylation sites (N-methyl/N-ethyl adjacent to an activating group) is 1. The SMILES string of the molecule is CCN(C(=O)C(=O)Nc1ccc(Cl)c(C(F)(F)F)c1)C(C)(C)C. The van der Waals surface area contributed by atoms with E-state index < -0.39 is 34.1 Å². The highest BCUT2D eigenvalue weighted by Gasteiger charge is 2.34. The summed E-state index contributed by atoms with van der Waals surface area (Å²) in [7, 11) is 0. The van der Waals surface area contributed by atoms with Crippen molar-refractivity contribution in [3.63, 3.8) is 0 Å². The van der Waals surface area contributed by atoms with Crippen LogP contribution in [0.3, 0.4) is 0 Å². The van der Waals surface area contributed by atoms with Crippen molar-refractivity contribution < 1.29 is 22.8 Å². The van der Waals surface area contributed by atoms with Crippen molar-refractivity contribution in [2.45, 2.75) is 39.4 Å². The molecule has 0 saturated carbocycles. The average molecular weight is 351 g/mol. The zero-order valence-corrected chi connectivity index (χ0v) is 14.0. The first-order valence-corrected chi connectivity index (χ1v) is 7.25. The van der Waals surface area contributed by atoms with Gasteiger partial charge in [-0.1, -0.05) is 11.6 Å². The minimum atomic E-state index is -4.65. The van der Waals surface area contributed by atoms with Crippen LogP contribution < -0.4 is 5.32 Å². The fourth-order valence-corrected chi connectivity index (χ4v) is 2.27. The maximum absolute atomic E-state index is 12.8. The first kappa shape index (κ1) is 19.3. The van der Waals surface area contributed by atoms with Crippen LogP contribution in [-0.2, 0) is 15.8 Å². The van der Waals surface area contributed by atoms with Gasteiger partial charge in [-0.15, -0.1) is 0 Å². The number of amides is 2. The second-order valence-electron chi connectivity index (χ2n) is 5.87. The second kappa shape index (κ2) is 6.78. The molecule has 1 N–H and O–H groups in total. The van der Waals surface area contributed by atoms with Gasteiger partial charge in [0.2, 0.25) is 0 Å². The standard InChI is InChI=1S/C15H18ClF3N2O2/c1-5-21(14(2,3)4)13(23)12(22)20-9-6-7-11(16)10(8-9)15(17,18)19/h6-8H,5H2,1-4H3,(H,20,22). The first-order valence-electron chi connectivity index (χ1n) is 6.87. The molecule has 1 aromatic carbocycles. The molecule has 0 radical (unpaired) electrons. The molecule has 0 aliphatic carbocycles. The van der Waals surface area contributed by atoms with Crippen molar-refractivity contribution >= 4 is 29.1 Å². The number of anilines is 1. The van der Waals surface area contributed by atoms with Gasteiger partial charge in [0.15, 0.2) is 0 Å². The zero-order chi connectivity index (χ0) is 18.0. The lowest BCUT2D eigenvalue weighted by Gasteiger charge is -2.34. The molecule has 8 heteroatoms. The van der Waals surface area contributed by atoms with Gasteiger partial charge in [0, 0.05) is 17.8 Å². The number of halogens is 4. The van der Waals surface area contributed by atoms with Gasteiger partial charge in [0.05, 0.1) is 10.6 Å². The third-order valence-electron chi connectivity index (χ3n) is 3.10. The van der Waals surface area contributed by atoms with Gasteiger partial charge in [-0.2, -0.15) is 13.2 Å². The number of alkyl halides is 3. The van der Waals surface area contributed by atoms with Crippen LogP contribution in [0.25, 0.3) is 0 Å². The molecule has 0 saturated heterocycles. The third-order valence-corrected chi connectivity index (χ3v) is 3.42. The molecule has 0 spiro atoms. The molecular formula is C15H18ClF3N2O2. The topological polar surface area (TPSA) is 49.4 Å². The van der Waals surface area contributed by atoms with Gasteiger partial charge in [0.25, 0.3) is 0 Å². The largest absolute Gasteiger partial charge is 0.417 e. The molecule has 0 fully saturated rings. The number of carbonyl (C=O) groups is 2. The summed E-state index contributed by atoms with van der Waals surface area (Å²) in [4.78, 5) is 25.5. The van der Waals surface area contributed by atoms with E-state index in [0.29, 0.717) is 12.6 Å². The molecule has 0 aliphatic heterocycles. The summed E-state index contributed by atoms with van der Waals surface area (Å²) in [5, 5.41) is 1.70. The van der Waals surface area contributed by atoms with Gasteiger partial charge in [0.1, 0.15) is 0 Å². The predicted molar refractivity (Wildman–Crippen MR) is 82.2 cm³/mol. The minimum Gasteiger partial charge on any atom is -0.330 e. The number of rotatable bonds is 2. The van der Waals surface area contributed by atoms with E-state index in [4.69, 9.17) is 11.6 Å². The Labute approximate surface area is 137 Å². The van der Waals surface area contributed by atoms with Crippen LogP contribution in [0.5, 0.6) is 0 Å². The molecule has 4 nitrogen and oxygen atoms in total. The summed E-state index contributed by atoms with van der Waals surface area (Å²) < 4.78 is 38.4. The Morgan fingerprint density at radius 1 is 1.22 bits per heavy atom. The molecular weight excluding hydrogens is 333 g/mol. The summed E-state index contributed by atoms with van der Waals surface area (Å²) in [6.45, 7) is 7.27. The van der Waals surface area contributed by atoms with Crippen LogP contribution in [0.15, 0.2) is 18.2 Å². The molecule has 1 rings (SSSR count). The fraction of sp³-hybridized carbons (Fsp3) is 0.467. The predicted octanol–water partition coefficient (Wildman–Crippen LogP) is 3.94. The van der Waals surface area contributed by atoms with E-state index in [2.05, 4.69) is 5.32 Å². The number of hydrogen-bond acceptors (Lipinski definition) is 2. The van der Waals surface area contributed by atoms with Crippen LogP contribution in [0, 0.1) is 0 Å². The highest BCUT2D eigenvalue weighted by molar-refractivity contribution is 6.39. The van der Waals surface area contributed by atoms with E-state index in [0.717, 1.165) is 6.07 Å². The van der Waals surface area contributed by atoms with Crippen molar-refractivity contribution in [1.29, 1.82) is 0 Å². The van der Waals surface area contributed by atoms with E-state index in [9.17, 15) is 22.8 Å². The maximum Gasteiger partial charge on any atom is 0.417 e. The van der Waals surface area contributed by atoms with E-state index in [1.165, 1.54) is 11.0 Å². The summed E-state index contributed by atoms with van der Waals surface area (Å²) in [5.74, 6) is -1.82. The second-order valence-corrected chi connectivity index (χ2v) is 6.27. The lowest BCUT2D eigenvalue weighted by atomic mass is 10.1. The molecule has 1 aromatic rings. The van der Waals surface area contributed by atoms with Gasteiger partial charge < -0.3 is 10.2 Å². The molecule has 0 aliphatic rings. The summed E-state index contributed by atoms with van der Waals surface area (Å²) in [5.41, 5.74) is -1.81. The lowest BCUT2D eigenvalue weighted by Crippen LogP contribution is -2.49. The van der Waals surface area contributed by atoms with Crippen molar-refractivity contribution in [2.24, 2.45) is 0 Å². The summed E-state index contributed by atoms with van der Waals surface area (Å²) in [6, 6.07) is 2.92. The number of benzene rings is 1. The smallest absolute Gasteiger partial charge is 0.330 e. The van der Waals surface area contributed by atoms with E-state index in [1.54, 1.807) is 27.7 Å². The van der Waals surface area contributed by atoms with Crippen molar-refractivity contribution in [3.8, 4) is 0 Å². The molecule has 23 heavy (non-hydrogen) atoms. The van der Waals surface area contributed by atoms with Crippen molar-refractivity contribution in [2.75, 3.05) is 11.9 Å². The van der Waals surface area contributed by atoms with E-state index >= 15 is 0 Å². The monoisotopic (exact) mass is 350 g/mol. The Morgan fingerprint density at radius 2 is 1.78 bits per heavy atom. The number of hydrogen-bond donors (Lipinski definition) is 1. The van der Waals surface area contributed by atoms with Crippen molar-refractivity contribution in [1.82, 2.24) is 4.90 Å². The fourth-order valence-electron chi connectivity index (χ4n) is 2.05. The molecule has 0 atom stereocenters. The van der Waals surface area contributed by atoms with Gasteiger partial charge >= 0.3 is 18.0 Å². The maximum atomic E-state index is 12.8. The Morgan fingerprint density at radius 3 is 2.22 bits per heavy atom. The summed E-state index contributed by atoms with van der Waals surface area (Å²) in [6.07, 6.45) is -4.65. The minimum absolute atomic E-state index is 0.148. The molecule has 0 unspecified atom stereocenters. The first-order chi connectivity index (χ1) is 10.4. The number of nitrogens with zero attached hydrogens (tertiary/aromatic N) is 1. The Balaban J connectivity index is 3.00. The van der Waals surface area contributed by atoms with Crippen LogP contribution >= 0.6 is 11.6 Å². The lowest BCUT2D eigenvalue weighted by molar-refractivity contribution is -0.146. The highest BCUT2D eigenvalue weighted by Crippen LogP contribution is 2.36. The molecule has 0 aromatic heterocycles. The van der Waals surface area contributed by atoms with Crippen LogP contribution in [0.1, 0.15) is 33.3 Å². The molecule has 0 bridgehead atoms.